The summed E-state index contributed by atoms with van der Waals surface area (Å²) in [6.07, 6.45) is 4.08. The van der Waals surface area contributed by atoms with Gasteiger partial charge in [0.2, 0.25) is 0 Å². The van der Waals surface area contributed by atoms with Crippen molar-refractivity contribution in [1.29, 1.82) is 0 Å². The lowest BCUT2D eigenvalue weighted by Crippen LogP contribution is -2.47. The van der Waals surface area contributed by atoms with Crippen LogP contribution in [0.3, 0.4) is 0 Å². The maximum absolute atomic E-state index is 11.2. The van der Waals surface area contributed by atoms with E-state index in [4.69, 9.17) is 0 Å². The molecule has 0 aromatic carbocycles. The van der Waals surface area contributed by atoms with Crippen molar-refractivity contribution in [1.82, 2.24) is 0 Å². The highest BCUT2D eigenvalue weighted by Gasteiger charge is 2.49. The molecule has 0 amide bonds. The molecule has 1 saturated carbocycles. The van der Waals surface area contributed by atoms with Gasteiger partial charge in [0.25, 0.3) is 0 Å². The molecule has 1 nitrogen and oxygen atoms in total. The molecule has 0 aliphatic heterocycles. The molecule has 0 aromatic heterocycles. The Bertz CT molecular complexity index is 203. The molecular weight excluding hydrogens is 148 g/mol. The van der Waals surface area contributed by atoms with Gasteiger partial charge in [0.05, 0.1) is 0 Å². The van der Waals surface area contributed by atoms with Gasteiger partial charge in [-0.05, 0) is 31.1 Å². The third-order valence-corrected chi connectivity index (χ3v) is 3.41. The van der Waals surface area contributed by atoms with E-state index in [1.54, 1.807) is 6.92 Å². The Balaban J connectivity index is 2.59. The van der Waals surface area contributed by atoms with Gasteiger partial charge in [0, 0.05) is 5.92 Å². The first-order valence-corrected chi connectivity index (χ1v) is 4.61. The average Bonchev–Trinajstić information content (AvgIpc) is 1.96. The maximum atomic E-state index is 11.2. The van der Waals surface area contributed by atoms with Crippen molar-refractivity contribution in [3.05, 3.63) is 12.7 Å². The molecule has 12 heavy (non-hydrogen) atoms. The number of hydrogen-bond donors (Lipinski definition) is 0. The van der Waals surface area contributed by atoms with Gasteiger partial charge < -0.3 is 0 Å². The topological polar surface area (TPSA) is 17.1 Å². The summed E-state index contributed by atoms with van der Waals surface area (Å²) in [5.41, 5.74) is 0.208. The molecule has 0 saturated heterocycles. The zero-order valence-corrected chi connectivity index (χ0v) is 8.26. The molecule has 1 fully saturated rings. The van der Waals surface area contributed by atoms with Crippen LogP contribution in [-0.4, -0.2) is 5.78 Å². The summed E-state index contributed by atoms with van der Waals surface area (Å²) in [4.78, 5) is 11.2. The minimum atomic E-state index is 0.208. The Morgan fingerprint density at radius 2 is 2.25 bits per heavy atom. The van der Waals surface area contributed by atoms with Crippen LogP contribution in [0, 0.1) is 17.3 Å². The number of carbonyl (C=O) groups excluding carboxylic acids is 1. The number of Topliss-reactive ketones (excluding diaryl/α,β-unsaturated/α-hetero) is 1. The van der Waals surface area contributed by atoms with E-state index < -0.39 is 0 Å². The van der Waals surface area contributed by atoms with Crippen LogP contribution in [0.4, 0.5) is 0 Å². The zero-order chi connectivity index (χ0) is 9.35. The molecule has 2 atom stereocenters. The van der Waals surface area contributed by atoms with E-state index in [2.05, 4.69) is 20.4 Å². The fourth-order valence-electron chi connectivity index (χ4n) is 2.31. The number of allylic oxidation sites excluding steroid dienone is 1. The molecular formula is C11H18O. The van der Waals surface area contributed by atoms with Gasteiger partial charge in [-0.3, -0.25) is 4.79 Å². The van der Waals surface area contributed by atoms with Crippen molar-refractivity contribution in [3.8, 4) is 0 Å². The smallest absolute Gasteiger partial charge is 0.133 e. The van der Waals surface area contributed by atoms with Crippen molar-refractivity contribution >= 4 is 5.78 Å². The van der Waals surface area contributed by atoms with Crippen molar-refractivity contribution in [3.63, 3.8) is 0 Å². The second-order valence-electron chi connectivity index (χ2n) is 4.44. The van der Waals surface area contributed by atoms with Gasteiger partial charge in [-0.25, -0.2) is 0 Å². The highest BCUT2D eigenvalue weighted by molar-refractivity contribution is 5.80. The van der Waals surface area contributed by atoms with Crippen LogP contribution < -0.4 is 0 Å². The van der Waals surface area contributed by atoms with Crippen LogP contribution in [0.15, 0.2) is 12.7 Å². The normalized spacial score (nSPS) is 32.2. The average molecular weight is 166 g/mol. The Hall–Kier alpha value is -0.590. The molecule has 0 N–H and O–H groups in total. The predicted octanol–water partition coefficient (Wildman–Crippen LogP) is 2.81. The Morgan fingerprint density at radius 1 is 1.67 bits per heavy atom. The van der Waals surface area contributed by atoms with E-state index in [0.29, 0.717) is 17.6 Å². The lowest BCUT2D eigenvalue weighted by molar-refractivity contribution is -0.135. The molecule has 1 aliphatic rings. The molecule has 0 radical (unpaired) electrons. The lowest BCUT2D eigenvalue weighted by Gasteiger charge is -2.51. The molecule has 68 valence electrons. The highest BCUT2D eigenvalue weighted by atomic mass is 16.1. The standard InChI is InChI=1S/C11H18O/c1-5-6-9-7-10(8(2)12)11(9,3)4/h5,9-10H,1,6-7H2,2-4H3/t9-,10-/m0/s1. The van der Waals surface area contributed by atoms with Crippen molar-refractivity contribution in [2.24, 2.45) is 17.3 Å². The van der Waals surface area contributed by atoms with Gasteiger partial charge in [0.1, 0.15) is 5.78 Å². The van der Waals surface area contributed by atoms with Gasteiger partial charge >= 0.3 is 0 Å². The fourth-order valence-corrected chi connectivity index (χ4v) is 2.31. The first kappa shape index (κ1) is 9.50. The first-order valence-electron chi connectivity index (χ1n) is 4.61. The van der Waals surface area contributed by atoms with E-state index in [9.17, 15) is 4.79 Å². The van der Waals surface area contributed by atoms with E-state index in [1.165, 1.54) is 0 Å². The largest absolute Gasteiger partial charge is 0.300 e. The number of carbonyl (C=O) groups is 1. The number of hydrogen-bond acceptors (Lipinski definition) is 1. The summed E-state index contributed by atoms with van der Waals surface area (Å²) >= 11 is 0. The molecule has 1 heteroatoms. The lowest BCUT2D eigenvalue weighted by atomic mass is 9.53. The Labute approximate surface area is 74.9 Å². The van der Waals surface area contributed by atoms with E-state index in [-0.39, 0.29) is 5.41 Å². The second kappa shape index (κ2) is 3.04. The van der Waals surface area contributed by atoms with E-state index in [0.717, 1.165) is 12.8 Å². The van der Waals surface area contributed by atoms with Gasteiger partial charge in [-0.15, -0.1) is 6.58 Å². The Kier molecular flexibility index (Phi) is 2.41. The molecule has 0 unspecified atom stereocenters. The van der Waals surface area contributed by atoms with E-state index >= 15 is 0 Å². The second-order valence-corrected chi connectivity index (χ2v) is 4.44. The summed E-state index contributed by atoms with van der Waals surface area (Å²) < 4.78 is 0. The molecule has 0 aromatic rings. The van der Waals surface area contributed by atoms with Crippen molar-refractivity contribution < 1.29 is 4.79 Å². The monoisotopic (exact) mass is 166 g/mol. The number of ketones is 1. The molecule has 0 spiro atoms. The zero-order valence-electron chi connectivity index (χ0n) is 8.26. The Morgan fingerprint density at radius 3 is 2.58 bits per heavy atom. The van der Waals surface area contributed by atoms with Crippen LogP contribution >= 0.6 is 0 Å². The van der Waals surface area contributed by atoms with Crippen LogP contribution in [0.1, 0.15) is 33.6 Å². The van der Waals surface area contributed by atoms with Crippen LogP contribution in [0.25, 0.3) is 0 Å². The van der Waals surface area contributed by atoms with E-state index in [1.807, 2.05) is 6.08 Å². The predicted molar refractivity (Wildman–Crippen MR) is 50.9 cm³/mol. The molecule has 0 bridgehead atoms. The summed E-state index contributed by atoms with van der Waals surface area (Å²) in [7, 11) is 0. The van der Waals surface area contributed by atoms with Gasteiger partial charge in [-0.1, -0.05) is 19.9 Å². The van der Waals surface area contributed by atoms with Crippen LogP contribution in [0.5, 0.6) is 0 Å². The first-order chi connectivity index (χ1) is 5.50. The third-order valence-electron chi connectivity index (χ3n) is 3.41. The molecule has 1 rings (SSSR count). The van der Waals surface area contributed by atoms with Crippen molar-refractivity contribution in [2.75, 3.05) is 0 Å². The summed E-state index contributed by atoms with van der Waals surface area (Å²) in [5.74, 6) is 1.31. The molecule has 0 heterocycles. The number of rotatable bonds is 3. The van der Waals surface area contributed by atoms with Gasteiger partial charge in [-0.2, -0.15) is 0 Å². The maximum Gasteiger partial charge on any atom is 0.133 e. The summed E-state index contributed by atoms with van der Waals surface area (Å²) in [6, 6.07) is 0. The SMILES string of the molecule is C=CC[C@H]1C[C@@H](C(C)=O)C1(C)C. The summed E-state index contributed by atoms with van der Waals surface area (Å²) in [5, 5.41) is 0. The minimum absolute atomic E-state index is 0.208. The van der Waals surface area contributed by atoms with Crippen LogP contribution in [-0.2, 0) is 4.79 Å². The quantitative estimate of drug-likeness (QED) is 0.589. The van der Waals surface area contributed by atoms with Crippen molar-refractivity contribution in [2.45, 2.75) is 33.6 Å². The minimum Gasteiger partial charge on any atom is -0.300 e. The van der Waals surface area contributed by atoms with Crippen LogP contribution in [0.2, 0.25) is 0 Å². The fraction of sp³-hybridized carbons (Fsp3) is 0.727. The van der Waals surface area contributed by atoms with Gasteiger partial charge in [0.15, 0.2) is 0 Å². The third kappa shape index (κ3) is 1.33. The molecule has 1 aliphatic carbocycles. The highest BCUT2D eigenvalue weighted by Crippen LogP contribution is 2.53. The summed E-state index contributed by atoms with van der Waals surface area (Å²) in [6.45, 7) is 9.82.